The van der Waals surface area contributed by atoms with Crippen LogP contribution in [0.3, 0.4) is 0 Å². The monoisotopic (exact) mass is 264 g/mol. The standard InChI is InChI=1S/C12H13FN4O2/c1-16-7-5-10(15-16)4-6-14-11-3-2-9(13)8-12(11)17(18)19/h2-3,5,7-8,14H,4,6H2,1H3. The normalized spacial score (nSPS) is 10.4. The van der Waals surface area contributed by atoms with Gasteiger partial charge in [0, 0.05) is 26.2 Å². The number of nitrogens with one attached hydrogen (secondary N) is 1. The van der Waals surface area contributed by atoms with E-state index >= 15 is 0 Å². The number of halogens is 1. The zero-order chi connectivity index (χ0) is 13.8. The molecule has 0 spiro atoms. The van der Waals surface area contributed by atoms with Crippen LogP contribution < -0.4 is 5.32 Å². The van der Waals surface area contributed by atoms with Gasteiger partial charge in [0.05, 0.1) is 16.7 Å². The topological polar surface area (TPSA) is 73.0 Å². The van der Waals surface area contributed by atoms with Crippen LogP contribution in [0.1, 0.15) is 5.69 Å². The van der Waals surface area contributed by atoms with Crippen LogP contribution in [0.25, 0.3) is 0 Å². The molecule has 0 amide bonds. The molecule has 1 N–H and O–H groups in total. The van der Waals surface area contributed by atoms with Gasteiger partial charge in [-0.3, -0.25) is 14.8 Å². The van der Waals surface area contributed by atoms with Crippen LogP contribution >= 0.6 is 0 Å². The molecule has 0 saturated carbocycles. The molecule has 100 valence electrons. The van der Waals surface area contributed by atoms with Crippen LogP contribution in [0.15, 0.2) is 30.5 Å². The van der Waals surface area contributed by atoms with E-state index in [2.05, 4.69) is 10.4 Å². The number of hydrogen-bond acceptors (Lipinski definition) is 4. The Morgan fingerprint density at radius 1 is 1.47 bits per heavy atom. The van der Waals surface area contributed by atoms with Gasteiger partial charge in [-0.1, -0.05) is 0 Å². The summed E-state index contributed by atoms with van der Waals surface area (Å²) < 4.78 is 14.6. The zero-order valence-corrected chi connectivity index (χ0v) is 10.3. The van der Waals surface area contributed by atoms with Gasteiger partial charge in [0.2, 0.25) is 0 Å². The Balaban J connectivity index is 2.01. The van der Waals surface area contributed by atoms with Gasteiger partial charge in [0.25, 0.3) is 5.69 Å². The smallest absolute Gasteiger partial charge is 0.295 e. The van der Waals surface area contributed by atoms with E-state index in [4.69, 9.17) is 0 Å². The van der Waals surface area contributed by atoms with Crippen molar-refractivity contribution in [2.75, 3.05) is 11.9 Å². The Kier molecular flexibility index (Phi) is 3.74. The number of nitrogens with zero attached hydrogens (tertiary/aromatic N) is 3. The summed E-state index contributed by atoms with van der Waals surface area (Å²) >= 11 is 0. The van der Waals surface area contributed by atoms with Crippen molar-refractivity contribution < 1.29 is 9.31 Å². The molecule has 0 saturated heterocycles. The fourth-order valence-corrected chi connectivity index (χ4v) is 1.73. The minimum absolute atomic E-state index is 0.263. The molecule has 1 heterocycles. The summed E-state index contributed by atoms with van der Waals surface area (Å²) in [5.41, 5.74) is 0.933. The zero-order valence-electron chi connectivity index (χ0n) is 10.3. The SMILES string of the molecule is Cn1ccc(CCNc2ccc(F)cc2[N+](=O)[O-])n1. The fourth-order valence-electron chi connectivity index (χ4n) is 1.73. The summed E-state index contributed by atoms with van der Waals surface area (Å²) in [4.78, 5) is 10.2. The van der Waals surface area contributed by atoms with Crippen LogP contribution in [-0.4, -0.2) is 21.2 Å². The Hall–Kier alpha value is -2.44. The number of hydrogen-bond donors (Lipinski definition) is 1. The van der Waals surface area contributed by atoms with Crippen molar-refractivity contribution in [1.29, 1.82) is 0 Å². The van der Waals surface area contributed by atoms with E-state index in [9.17, 15) is 14.5 Å². The lowest BCUT2D eigenvalue weighted by Gasteiger charge is -2.06. The maximum Gasteiger partial charge on any atom is 0.295 e. The molecule has 0 bridgehead atoms. The number of rotatable bonds is 5. The van der Waals surface area contributed by atoms with Gasteiger partial charge in [-0.05, 0) is 18.2 Å². The molecule has 0 radical (unpaired) electrons. The molecule has 0 atom stereocenters. The molecule has 0 aliphatic rings. The number of anilines is 1. The van der Waals surface area contributed by atoms with Crippen LogP contribution in [0.2, 0.25) is 0 Å². The Morgan fingerprint density at radius 3 is 2.89 bits per heavy atom. The van der Waals surface area contributed by atoms with Gasteiger partial charge in [-0.2, -0.15) is 5.10 Å². The molecule has 2 aromatic rings. The molecule has 1 aromatic heterocycles. The Morgan fingerprint density at radius 2 is 2.26 bits per heavy atom. The van der Waals surface area contributed by atoms with E-state index < -0.39 is 10.7 Å². The predicted molar refractivity (Wildman–Crippen MR) is 68.5 cm³/mol. The number of nitro benzene ring substituents is 1. The molecule has 0 aliphatic carbocycles. The van der Waals surface area contributed by atoms with Gasteiger partial charge in [0.1, 0.15) is 11.5 Å². The van der Waals surface area contributed by atoms with Crippen LogP contribution in [0, 0.1) is 15.9 Å². The first-order valence-corrected chi connectivity index (χ1v) is 5.72. The maximum absolute atomic E-state index is 13.0. The van der Waals surface area contributed by atoms with E-state index in [1.165, 1.54) is 12.1 Å². The minimum atomic E-state index is -0.623. The molecule has 1 aromatic carbocycles. The van der Waals surface area contributed by atoms with Crippen LogP contribution in [0.5, 0.6) is 0 Å². The van der Waals surface area contributed by atoms with Crippen molar-refractivity contribution in [1.82, 2.24) is 9.78 Å². The van der Waals surface area contributed by atoms with Gasteiger partial charge >= 0.3 is 0 Å². The third kappa shape index (κ3) is 3.27. The van der Waals surface area contributed by atoms with Crippen molar-refractivity contribution in [3.05, 3.63) is 52.1 Å². The average molecular weight is 264 g/mol. The number of aromatic nitrogens is 2. The van der Waals surface area contributed by atoms with E-state index in [0.29, 0.717) is 18.7 Å². The summed E-state index contributed by atoms with van der Waals surface area (Å²) in [5.74, 6) is -0.623. The highest BCUT2D eigenvalue weighted by Gasteiger charge is 2.14. The van der Waals surface area contributed by atoms with Gasteiger partial charge in [0.15, 0.2) is 0 Å². The minimum Gasteiger partial charge on any atom is -0.379 e. The Bertz CT molecular complexity index is 597. The number of benzene rings is 1. The van der Waals surface area contributed by atoms with Crippen molar-refractivity contribution in [2.24, 2.45) is 7.05 Å². The maximum atomic E-state index is 13.0. The second-order valence-corrected chi connectivity index (χ2v) is 4.08. The largest absolute Gasteiger partial charge is 0.379 e. The quantitative estimate of drug-likeness (QED) is 0.663. The summed E-state index contributed by atoms with van der Waals surface area (Å²) in [6, 6.07) is 5.34. The van der Waals surface area contributed by atoms with Crippen molar-refractivity contribution in [3.8, 4) is 0 Å². The number of nitro groups is 1. The third-order valence-corrected chi connectivity index (χ3v) is 2.62. The molecule has 19 heavy (non-hydrogen) atoms. The molecular weight excluding hydrogens is 251 g/mol. The van der Waals surface area contributed by atoms with E-state index in [1.807, 2.05) is 19.3 Å². The molecule has 0 unspecified atom stereocenters. The lowest BCUT2D eigenvalue weighted by atomic mass is 10.2. The highest BCUT2D eigenvalue weighted by atomic mass is 19.1. The van der Waals surface area contributed by atoms with Gasteiger partial charge in [-0.15, -0.1) is 0 Å². The fraction of sp³-hybridized carbons (Fsp3) is 0.250. The van der Waals surface area contributed by atoms with Crippen molar-refractivity contribution in [3.63, 3.8) is 0 Å². The Labute approximate surface area is 109 Å². The van der Waals surface area contributed by atoms with E-state index in [-0.39, 0.29) is 5.69 Å². The first-order chi connectivity index (χ1) is 9.06. The van der Waals surface area contributed by atoms with Crippen molar-refractivity contribution >= 4 is 11.4 Å². The molecule has 0 aliphatic heterocycles. The molecule has 2 rings (SSSR count). The molecular formula is C12H13FN4O2. The summed E-state index contributed by atoms with van der Waals surface area (Å²) in [7, 11) is 1.82. The first kappa shape index (κ1) is 13.0. The highest BCUT2D eigenvalue weighted by Crippen LogP contribution is 2.24. The lowest BCUT2D eigenvalue weighted by Crippen LogP contribution is -2.07. The first-order valence-electron chi connectivity index (χ1n) is 5.72. The third-order valence-electron chi connectivity index (χ3n) is 2.62. The van der Waals surface area contributed by atoms with E-state index in [0.717, 1.165) is 11.8 Å². The summed E-state index contributed by atoms with van der Waals surface area (Å²) in [5, 5.41) is 17.9. The molecule has 6 nitrogen and oxygen atoms in total. The molecule has 7 heteroatoms. The summed E-state index contributed by atoms with van der Waals surface area (Å²) in [6.07, 6.45) is 2.46. The number of aryl methyl sites for hydroxylation is 1. The van der Waals surface area contributed by atoms with E-state index in [1.54, 1.807) is 4.68 Å². The van der Waals surface area contributed by atoms with Crippen molar-refractivity contribution in [2.45, 2.75) is 6.42 Å². The van der Waals surface area contributed by atoms with Crippen LogP contribution in [0.4, 0.5) is 15.8 Å². The summed E-state index contributed by atoms with van der Waals surface area (Å²) in [6.45, 7) is 0.490. The average Bonchev–Trinajstić information content (AvgIpc) is 2.77. The highest BCUT2D eigenvalue weighted by molar-refractivity contribution is 5.61. The van der Waals surface area contributed by atoms with Gasteiger partial charge in [-0.25, -0.2) is 4.39 Å². The molecule has 0 fully saturated rings. The second-order valence-electron chi connectivity index (χ2n) is 4.08. The van der Waals surface area contributed by atoms with Gasteiger partial charge < -0.3 is 5.32 Å². The lowest BCUT2D eigenvalue weighted by molar-refractivity contribution is -0.384. The second kappa shape index (κ2) is 5.47. The van der Waals surface area contributed by atoms with Crippen LogP contribution in [-0.2, 0) is 13.5 Å². The predicted octanol–water partition coefficient (Wildman–Crippen LogP) is 2.12.